The van der Waals surface area contributed by atoms with E-state index in [4.69, 9.17) is 4.52 Å². The molecule has 4 aromatic rings. The van der Waals surface area contributed by atoms with Crippen LogP contribution in [0.1, 0.15) is 19.1 Å². The fourth-order valence-electron chi connectivity index (χ4n) is 2.80. The first kappa shape index (κ1) is 17.5. The number of hydrogen-bond donors (Lipinski definition) is 0. The van der Waals surface area contributed by atoms with Crippen molar-refractivity contribution in [3.63, 3.8) is 0 Å². The lowest BCUT2D eigenvalue weighted by Gasteiger charge is -2.08. The minimum atomic E-state index is 0.651. The number of benzene rings is 1. The molecule has 0 radical (unpaired) electrons. The summed E-state index contributed by atoms with van der Waals surface area (Å²) in [6.07, 6.45) is 4.55. The summed E-state index contributed by atoms with van der Waals surface area (Å²) in [6, 6.07) is 15.9. The van der Waals surface area contributed by atoms with Crippen LogP contribution in [0.3, 0.4) is 0 Å². The van der Waals surface area contributed by atoms with Crippen LogP contribution in [-0.2, 0) is 12.3 Å². The Balaban J connectivity index is 1.52. The van der Waals surface area contributed by atoms with E-state index in [0.29, 0.717) is 5.75 Å². The Hall–Kier alpha value is -2.93. The van der Waals surface area contributed by atoms with E-state index in [-0.39, 0.29) is 0 Å². The molecular formula is C20H19N5OS. The van der Waals surface area contributed by atoms with Crippen LogP contribution in [0.4, 0.5) is 0 Å². The van der Waals surface area contributed by atoms with Gasteiger partial charge in [-0.2, -0.15) is 0 Å². The number of nitrogens with zero attached hydrogens (tertiary/aromatic N) is 5. The molecular weight excluding hydrogens is 358 g/mol. The van der Waals surface area contributed by atoms with E-state index in [1.54, 1.807) is 24.2 Å². The van der Waals surface area contributed by atoms with E-state index < -0.39 is 0 Å². The zero-order valence-electron chi connectivity index (χ0n) is 14.9. The number of pyridine rings is 1. The van der Waals surface area contributed by atoms with Crippen LogP contribution in [0.25, 0.3) is 22.6 Å². The first-order valence-electron chi connectivity index (χ1n) is 8.82. The Bertz CT molecular complexity index is 998. The third-order valence-electron chi connectivity index (χ3n) is 4.07. The van der Waals surface area contributed by atoms with E-state index in [1.165, 1.54) is 0 Å². The zero-order chi connectivity index (χ0) is 18.5. The molecule has 6 nitrogen and oxygen atoms in total. The molecule has 136 valence electrons. The summed E-state index contributed by atoms with van der Waals surface area (Å²) < 4.78 is 7.64. The minimum Gasteiger partial charge on any atom is -0.360 e. The van der Waals surface area contributed by atoms with Crippen molar-refractivity contribution in [1.29, 1.82) is 0 Å². The van der Waals surface area contributed by atoms with Crippen molar-refractivity contribution in [2.45, 2.75) is 30.8 Å². The molecule has 0 saturated carbocycles. The van der Waals surface area contributed by atoms with Gasteiger partial charge in [0.25, 0.3) is 0 Å². The molecule has 4 rings (SSSR count). The predicted octanol–water partition coefficient (Wildman–Crippen LogP) is 4.70. The highest BCUT2D eigenvalue weighted by atomic mass is 32.2. The second-order valence-corrected chi connectivity index (χ2v) is 6.97. The van der Waals surface area contributed by atoms with Gasteiger partial charge < -0.3 is 9.09 Å². The van der Waals surface area contributed by atoms with E-state index in [0.717, 1.165) is 46.5 Å². The summed E-state index contributed by atoms with van der Waals surface area (Å²) in [6.45, 7) is 3.01. The van der Waals surface area contributed by atoms with Crippen LogP contribution >= 0.6 is 11.8 Å². The lowest BCUT2D eigenvalue weighted by atomic mass is 10.1. The highest BCUT2D eigenvalue weighted by Gasteiger charge is 2.15. The van der Waals surface area contributed by atoms with Crippen molar-refractivity contribution in [1.82, 2.24) is 24.9 Å². The maximum absolute atomic E-state index is 5.50. The summed E-state index contributed by atoms with van der Waals surface area (Å²) in [5, 5.41) is 13.8. The molecule has 0 aliphatic carbocycles. The molecule has 0 saturated heterocycles. The van der Waals surface area contributed by atoms with Gasteiger partial charge >= 0.3 is 0 Å². The van der Waals surface area contributed by atoms with Gasteiger partial charge in [0.15, 0.2) is 11.0 Å². The number of hydrogen-bond acceptors (Lipinski definition) is 6. The Labute approximate surface area is 161 Å². The van der Waals surface area contributed by atoms with Gasteiger partial charge in [0.05, 0.1) is 5.75 Å². The number of aromatic nitrogens is 5. The first-order chi connectivity index (χ1) is 13.3. The summed E-state index contributed by atoms with van der Waals surface area (Å²) in [5.74, 6) is 2.33. The maximum Gasteiger partial charge on any atom is 0.191 e. The van der Waals surface area contributed by atoms with E-state index in [2.05, 4.69) is 31.8 Å². The summed E-state index contributed by atoms with van der Waals surface area (Å²) in [5.41, 5.74) is 2.91. The van der Waals surface area contributed by atoms with Gasteiger partial charge in [-0.15, -0.1) is 10.2 Å². The van der Waals surface area contributed by atoms with Gasteiger partial charge in [0.1, 0.15) is 11.5 Å². The van der Waals surface area contributed by atoms with Crippen LogP contribution in [0.5, 0.6) is 0 Å². The van der Waals surface area contributed by atoms with Crippen LogP contribution in [0, 0.1) is 0 Å². The van der Waals surface area contributed by atoms with Gasteiger partial charge in [0, 0.05) is 36.1 Å². The molecule has 3 heterocycles. The Morgan fingerprint density at radius 2 is 1.81 bits per heavy atom. The Morgan fingerprint density at radius 1 is 1.00 bits per heavy atom. The average molecular weight is 377 g/mol. The predicted molar refractivity (Wildman–Crippen MR) is 105 cm³/mol. The monoisotopic (exact) mass is 377 g/mol. The quantitative estimate of drug-likeness (QED) is 0.435. The first-order valence-corrected chi connectivity index (χ1v) is 9.81. The van der Waals surface area contributed by atoms with Crippen molar-refractivity contribution in [3.05, 3.63) is 66.7 Å². The second kappa shape index (κ2) is 8.18. The molecule has 0 atom stereocenters. The van der Waals surface area contributed by atoms with Gasteiger partial charge in [-0.3, -0.25) is 4.98 Å². The Morgan fingerprint density at radius 3 is 2.59 bits per heavy atom. The molecule has 3 aromatic heterocycles. The van der Waals surface area contributed by atoms with Crippen molar-refractivity contribution in [2.24, 2.45) is 0 Å². The molecule has 1 aromatic carbocycles. The smallest absolute Gasteiger partial charge is 0.191 e. The highest BCUT2D eigenvalue weighted by molar-refractivity contribution is 7.98. The van der Waals surface area contributed by atoms with Gasteiger partial charge in [-0.1, -0.05) is 54.2 Å². The fraction of sp³-hybridized carbons (Fsp3) is 0.200. The second-order valence-electron chi connectivity index (χ2n) is 6.03. The molecule has 0 fully saturated rings. The van der Waals surface area contributed by atoms with Crippen LogP contribution in [0.2, 0.25) is 0 Å². The van der Waals surface area contributed by atoms with Crippen molar-refractivity contribution < 1.29 is 4.52 Å². The van der Waals surface area contributed by atoms with E-state index in [9.17, 15) is 0 Å². The standard InChI is InChI=1S/C20H19N5OS/c1-2-12-25-19(16-8-10-21-11-9-16)22-23-20(25)27-14-17-13-18(24-26-17)15-6-4-3-5-7-15/h3-11,13H,2,12,14H2,1H3. The normalized spacial score (nSPS) is 11.0. The molecule has 0 amide bonds. The number of rotatable bonds is 7. The summed E-state index contributed by atoms with van der Waals surface area (Å²) in [7, 11) is 0. The fourth-order valence-corrected chi connectivity index (χ4v) is 3.64. The third-order valence-corrected chi connectivity index (χ3v) is 5.06. The largest absolute Gasteiger partial charge is 0.360 e. The molecule has 0 unspecified atom stereocenters. The third kappa shape index (κ3) is 3.93. The van der Waals surface area contributed by atoms with Gasteiger partial charge in [-0.05, 0) is 18.6 Å². The van der Waals surface area contributed by atoms with Crippen LogP contribution in [-0.4, -0.2) is 24.9 Å². The molecule has 0 bridgehead atoms. The average Bonchev–Trinajstić information content (AvgIpc) is 3.35. The van der Waals surface area contributed by atoms with Gasteiger partial charge in [0.2, 0.25) is 0 Å². The van der Waals surface area contributed by atoms with Crippen molar-refractivity contribution >= 4 is 11.8 Å². The molecule has 0 N–H and O–H groups in total. The summed E-state index contributed by atoms with van der Waals surface area (Å²) >= 11 is 1.60. The van der Waals surface area contributed by atoms with E-state index >= 15 is 0 Å². The van der Waals surface area contributed by atoms with Crippen molar-refractivity contribution in [3.8, 4) is 22.6 Å². The lowest BCUT2D eigenvalue weighted by molar-refractivity contribution is 0.397. The SMILES string of the molecule is CCCn1c(SCc2cc(-c3ccccc3)no2)nnc1-c1ccncc1. The van der Waals surface area contributed by atoms with Crippen LogP contribution < -0.4 is 0 Å². The van der Waals surface area contributed by atoms with Gasteiger partial charge in [-0.25, -0.2) is 0 Å². The van der Waals surface area contributed by atoms with E-state index in [1.807, 2.05) is 48.5 Å². The number of thioether (sulfide) groups is 1. The topological polar surface area (TPSA) is 69.6 Å². The zero-order valence-corrected chi connectivity index (χ0v) is 15.8. The molecule has 27 heavy (non-hydrogen) atoms. The highest BCUT2D eigenvalue weighted by Crippen LogP contribution is 2.28. The molecule has 0 spiro atoms. The lowest BCUT2D eigenvalue weighted by Crippen LogP contribution is -2.02. The molecule has 0 aliphatic heterocycles. The molecule has 0 aliphatic rings. The molecule has 7 heteroatoms. The van der Waals surface area contributed by atoms with Crippen molar-refractivity contribution in [2.75, 3.05) is 0 Å². The minimum absolute atomic E-state index is 0.651. The summed E-state index contributed by atoms with van der Waals surface area (Å²) in [4.78, 5) is 4.07. The van der Waals surface area contributed by atoms with Crippen LogP contribution in [0.15, 0.2) is 70.6 Å². The Kier molecular flexibility index (Phi) is 5.29. The maximum atomic E-state index is 5.50.